The van der Waals surface area contributed by atoms with Crippen molar-refractivity contribution >= 4 is 17.2 Å². The van der Waals surface area contributed by atoms with Crippen LogP contribution in [0.5, 0.6) is 0 Å². The molecule has 5 heteroatoms. The van der Waals surface area contributed by atoms with E-state index in [1.807, 2.05) is 0 Å². The number of rotatable bonds is 6. The van der Waals surface area contributed by atoms with Crippen LogP contribution in [-0.2, 0) is 11.2 Å². The number of nitrogens with one attached hydrogen (secondary N) is 2. The fourth-order valence-electron chi connectivity index (χ4n) is 3.46. The Balaban J connectivity index is 1.38. The summed E-state index contributed by atoms with van der Waals surface area (Å²) in [4.78, 5) is 16.8. The zero-order valence-corrected chi connectivity index (χ0v) is 14.4. The van der Waals surface area contributed by atoms with Crippen LogP contribution in [0.4, 0.5) is 0 Å². The zero-order valence-electron chi connectivity index (χ0n) is 13.6. The van der Waals surface area contributed by atoms with E-state index in [9.17, 15) is 4.79 Å². The molecule has 4 nitrogen and oxygen atoms in total. The Morgan fingerprint density at radius 3 is 2.91 bits per heavy atom. The second-order valence-corrected chi connectivity index (χ2v) is 7.86. The largest absolute Gasteiger partial charge is 0.355 e. The first kappa shape index (κ1) is 15.9. The Hall–Kier alpha value is -0.940. The predicted molar refractivity (Wildman–Crippen MR) is 90.1 cm³/mol. The topological polar surface area (TPSA) is 54.0 Å². The smallest absolute Gasteiger partial charge is 0.223 e. The van der Waals surface area contributed by atoms with Crippen LogP contribution >= 0.6 is 11.3 Å². The van der Waals surface area contributed by atoms with Crippen LogP contribution in [-0.4, -0.2) is 30.5 Å². The first-order chi connectivity index (χ1) is 10.6. The van der Waals surface area contributed by atoms with E-state index >= 15 is 0 Å². The molecule has 0 spiro atoms. The van der Waals surface area contributed by atoms with Crippen LogP contribution in [0.3, 0.4) is 0 Å². The molecular weight excluding hydrogens is 294 g/mol. The fraction of sp³-hybridized carbons (Fsp3) is 0.765. The maximum atomic E-state index is 12.2. The fourth-order valence-corrected chi connectivity index (χ4v) is 4.33. The Morgan fingerprint density at radius 1 is 1.45 bits per heavy atom. The molecule has 0 unspecified atom stereocenters. The Morgan fingerprint density at radius 2 is 2.23 bits per heavy atom. The van der Waals surface area contributed by atoms with E-state index in [2.05, 4.69) is 34.8 Å². The molecule has 2 aliphatic rings. The molecule has 0 radical (unpaired) electrons. The molecule has 1 amide bonds. The molecule has 122 valence electrons. The third-order valence-electron chi connectivity index (χ3n) is 4.91. The molecule has 22 heavy (non-hydrogen) atoms. The molecule has 2 N–H and O–H groups in total. The van der Waals surface area contributed by atoms with Crippen molar-refractivity contribution in [2.75, 3.05) is 19.6 Å². The third kappa shape index (κ3) is 3.87. The highest BCUT2D eigenvalue weighted by Crippen LogP contribution is 2.47. The highest BCUT2D eigenvalue weighted by atomic mass is 32.1. The van der Waals surface area contributed by atoms with E-state index in [0.717, 1.165) is 44.1 Å². The van der Waals surface area contributed by atoms with Gasteiger partial charge in [0.1, 0.15) is 0 Å². The third-order valence-corrected chi connectivity index (χ3v) is 6.10. The monoisotopic (exact) mass is 321 g/mol. The van der Waals surface area contributed by atoms with Gasteiger partial charge in [0.15, 0.2) is 0 Å². The summed E-state index contributed by atoms with van der Waals surface area (Å²) in [7, 11) is 0. The van der Waals surface area contributed by atoms with Crippen LogP contribution in [0.1, 0.15) is 49.7 Å². The highest BCUT2D eigenvalue weighted by molar-refractivity contribution is 7.09. The number of piperidine rings is 1. The summed E-state index contributed by atoms with van der Waals surface area (Å²) in [5.41, 5.74) is 1.11. The van der Waals surface area contributed by atoms with E-state index in [1.54, 1.807) is 11.3 Å². The lowest BCUT2D eigenvalue weighted by atomic mass is 9.92. The molecule has 0 aromatic carbocycles. The van der Waals surface area contributed by atoms with Crippen LogP contribution in [0.15, 0.2) is 5.38 Å². The molecule has 3 rings (SSSR count). The number of nitrogens with zero attached hydrogens (tertiary/aromatic N) is 1. The molecule has 0 bridgehead atoms. The number of aromatic nitrogens is 1. The molecule has 1 aromatic heterocycles. The SMILES string of the molecule is CC(C)c1nc(CCNC(=O)[C@@H]2C[C@H]2C2CCNCC2)cs1. The van der Waals surface area contributed by atoms with Gasteiger partial charge in [0.05, 0.1) is 10.7 Å². The minimum atomic E-state index is 0.267. The van der Waals surface area contributed by atoms with Gasteiger partial charge in [-0.2, -0.15) is 0 Å². The van der Waals surface area contributed by atoms with Gasteiger partial charge in [0, 0.05) is 30.2 Å². The average molecular weight is 321 g/mol. The van der Waals surface area contributed by atoms with E-state index in [1.165, 1.54) is 17.8 Å². The number of thiazole rings is 1. The summed E-state index contributed by atoms with van der Waals surface area (Å²) in [5.74, 6) is 2.45. The van der Waals surface area contributed by atoms with Crippen molar-refractivity contribution in [3.8, 4) is 0 Å². The molecule has 1 saturated heterocycles. The lowest BCUT2D eigenvalue weighted by molar-refractivity contribution is -0.122. The van der Waals surface area contributed by atoms with E-state index < -0.39 is 0 Å². The summed E-state index contributed by atoms with van der Waals surface area (Å²) in [6.07, 6.45) is 4.43. The van der Waals surface area contributed by atoms with Gasteiger partial charge in [-0.3, -0.25) is 4.79 Å². The number of amides is 1. The summed E-state index contributed by atoms with van der Waals surface area (Å²) in [6, 6.07) is 0. The number of carbonyl (C=O) groups is 1. The molecule has 1 aliphatic heterocycles. The second kappa shape index (κ2) is 7.09. The Bertz CT molecular complexity index is 508. The van der Waals surface area contributed by atoms with Crippen molar-refractivity contribution in [1.82, 2.24) is 15.6 Å². The molecule has 2 heterocycles. The molecule has 2 atom stereocenters. The number of hydrogen-bond donors (Lipinski definition) is 2. The van der Waals surface area contributed by atoms with Crippen LogP contribution in [0.25, 0.3) is 0 Å². The second-order valence-electron chi connectivity index (χ2n) is 6.97. The maximum absolute atomic E-state index is 12.2. The highest BCUT2D eigenvalue weighted by Gasteiger charge is 2.47. The van der Waals surface area contributed by atoms with Crippen molar-refractivity contribution in [2.45, 2.75) is 45.4 Å². The molecular formula is C17H27N3OS. The van der Waals surface area contributed by atoms with Crippen molar-refractivity contribution in [2.24, 2.45) is 17.8 Å². The lowest BCUT2D eigenvalue weighted by Gasteiger charge is -2.22. The van der Waals surface area contributed by atoms with Gasteiger partial charge >= 0.3 is 0 Å². The van der Waals surface area contributed by atoms with Crippen molar-refractivity contribution in [3.05, 3.63) is 16.1 Å². The zero-order chi connectivity index (χ0) is 15.5. The number of carbonyl (C=O) groups excluding carboxylic acids is 1. The Kier molecular flexibility index (Phi) is 5.14. The minimum absolute atomic E-state index is 0.267. The van der Waals surface area contributed by atoms with E-state index in [-0.39, 0.29) is 11.8 Å². The van der Waals surface area contributed by atoms with Crippen LogP contribution < -0.4 is 10.6 Å². The number of hydrogen-bond acceptors (Lipinski definition) is 4. The quantitative estimate of drug-likeness (QED) is 0.847. The lowest BCUT2D eigenvalue weighted by Crippen LogP contribution is -2.31. The predicted octanol–water partition coefficient (Wildman–Crippen LogP) is 2.56. The van der Waals surface area contributed by atoms with Gasteiger partial charge < -0.3 is 10.6 Å². The summed E-state index contributed by atoms with van der Waals surface area (Å²) in [6.45, 7) is 7.29. The maximum Gasteiger partial charge on any atom is 0.223 e. The first-order valence-electron chi connectivity index (χ1n) is 8.58. The summed E-state index contributed by atoms with van der Waals surface area (Å²) in [5, 5.41) is 9.82. The van der Waals surface area contributed by atoms with Gasteiger partial charge in [-0.1, -0.05) is 13.8 Å². The minimum Gasteiger partial charge on any atom is -0.355 e. The van der Waals surface area contributed by atoms with Gasteiger partial charge in [-0.15, -0.1) is 11.3 Å². The van der Waals surface area contributed by atoms with Gasteiger partial charge in [-0.25, -0.2) is 4.98 Å². The van der Waals surface area contributed by atoms with Crippen molar-refractivity contribution < 1.29 is 4.79 Å². The van der Waals surface area contributed by atoms with Crippen LogP contribution in [0.2, 0.25) is 0 Å². The van der Waals surface area contributed by atoms with Gasteiger partial charge in [0.25, 0.3) is 0 Å². The molecule has 1 aliphatic carbocycles. The summed E-state index contributed by atoms with van der Waals surface area (Å²) < 4.78 is 0. The van der Waals surface area contributed by atoms with Gasteiger partial charge in [-0.05, 0) is 44.2 Å². The molecule has 1 saturated carbocycles. The molecule has 2 fully saturated rings. The van der Waals surface area contributed by atoms with Gasteiger partial charge in [0.2, 0.25) is 5.91 Å². The normalized spacial score (nSPS) is 25.4. The van der Waals surface area contributed by atoms with E-state index in [4.69, 9.17) is 0 Å². The standard InChI is InChI=1S/C17H27N3OS/c1-11(2)17-20-13(10-22-17)5-8-19-16(21)15-9-14(15)12-3-6-18-7-4-12/h10-12,14-15,18H,3-9H2,1-2H3,(H,19,21)/t14-,15+/m0/s1. The molecule has 1 aromatic rings. The van der Waals surface area contributed by atoms with Crippen molar-refractivity contribution in [1.29, 1.82) is 0 Å². The van der Waals surface area contributed by atoms with Crippen LogP contribution in [0, 0.1) is 17.8 Å². The first-order valence-corrected chi connectivity index (χ1v) is 9.46. The average Bonchev–Trinajstić information content (AvgIpc) is 3.19. The summed E-state index contributed by atoms with van der Waals surface area (Å²) >= 11 is 1.72. The Labute approximate surface area is 137 Å². The van der Waals surface area contributed by atoms with Crippen molar-refractivity contribution in [3.63, 3.8) is 0 Å². The van der Waals surface area contributed by atoms with E-state index in [0.29, 0.717) is 11.8 Å².